The smallest absolute Gasteiger partial charge is 0.337 e. The van der Waals surface area contributed by atoms with Crippen molar-refractivity contribution in [1.29, 1.82) is 0 Å². The molecule has 34 heavy (non-hydrogen) atoms. The molecule has 0 unspecified atom stereocenters. The van der Waals surface area contributed by atoms with E-state index in [4.69, 9.17) is 9.47 Å². The lowest BCUT2D eigenvalue weighted by molar-refractivity contribution is 0.0600. The van der Waals surface area contributed by atoms with E-state index in [0.29, 0.717) is 35.7 Å². The second-order valence-electron chi connectivity index (χ2n) is 7.68. The monoisotopic (exact) mass is 474 g/mol. The zero-order valence-corrected chi connectivity index (χ0v) is 20.0. The van der Waals surface area contributed by atoms with Gasteiger partial charge in [0.05, 0.1) is 29.5 Å². The van der Waals surface area contributed by atoms with E-state index < -0.39 is 5.97 Å². The van der Waals surface area contributed by atoms with Crippen LogP contribution in [0.3, 0.4) is 0 Å². The zero-order chi connectivity index (χ0) is 23.9. The van der Waals surface area contributed by atoms with Crippen LogP contribution in [0, 0.1) is 0 Å². The number of amides is 1. The number of aromatic nitrogens is 1. The Kier molecular flexibility index (Phi) is 7.67. The fourth-order valence-electron chi connectivity index (χ4n) is 3.67. The predicted molar refractivity (Wildman–Crippen MR) is 133 cm³/mol. The van der Waals surface area contributed by atoms with Crippen molar-refractivity contribution in [3.05, 3.63) is 99.9 Å². The molecule has 0 N–H and O–H groups in total. The number of rotatable bonds is 8. The second kappa shape index (κ2) is 11.0. The number of methoxy groups -OCH3 is 1. The third kappa shape index (κ3) is 5.50. The van der Waals surface area contributed by atoms with Crippen LogP contribution < -0.4 is 4.80 Å². The van der Waals surface area contributed by atoms with Crippen LogP contribution in [0.5, 0.6) is 0 Å². The molecule has 0 aliphatic carbocycles. The Hall–Kier alpha value is -3.55. The van der Waals surface area contributed by atoms with Gasteiger partial charge in [-0.25, -0.2) is 4.79 Å². The first kappa shape index (κ1) is 23.6. The Morgan fingerprint density at radius 3 is 2.35 bits per heavy atom. The maximum Gasteiger partial charge on any atom is 0.337 e. The van der Waals surface area contributed by atoms with Crippen LogP contribution in [0.1, 0.15) is 38.8 Å². The lowest BCUT2D eigenvalue weighted by atomic mass is 10.0. The molecule has 0 radical (unpaired) electrons. The number of ether oxygens (including phenoxy) is 2. The van der Waals surface area contributed by atoms with Crippen LogP contribution >= 0.6 is 11.3 Å². The van der Waals surface area contributed by atoms with E-state index in [2.05, 4.69) is 17.1 Å². The molecule has 0 atom stereocenters. The van der Waals surface area contributed by atoms with Crippen molar-refractivity contribution >= 4 is 33.4 Å². The number of carbonyl (C=O) groups excluding carboxylic acids is 2. The molecule has 0 saturated carbocycles. The van der Waals surface area contributed by atoms with Gasteiger partial charge in [-0.3, -0.25) is 4.79 Å². The van der Waals surface area contributed by atoms with Gasteiger partial charge in [-0.15, -0.1) is 0 Å². The normalized spacial score (nSPS) is 11.6. The molecule has 1 aromatic heterocycles. The van der Waals surface area contributed by atoms with Crippen molar-refractivity contribution in [2.45, 2.75) is 19.9 Å². The Labute approximate surface area is 202 Å². The first-order valence-electron chi connectivity index (χ1n) is 11.1. The standard InChI is InChI=1S/C27H26N2O4S/c1-3-33-16-15-29-23-14-13-22(26(31)32-2)18-24(23)34-27(29)28-25(30)21-11-9-20(10-12-21)17-19-7-5-4-6-8-19/h4-14,18H,3,15-17H2,1-2H3. The topological polar surface area (TPSA) is 69.9 Å². The number of hydrogen-bond acceptors (Lipinski definition) is 5. The van der Waals surface area contributed by atoms with E-state index in [9.17, 15) is 9.59 Å². The SMILES string of the molecule is CCOCCn1c(=NC(=O)c2ccc(Cc3ccccc3)cc2)sc2cc(C(=O)OC)ccc21. The summed E-state index contributed by atoms with van der Waals surface area (Å²) >= 11 is 1.36. The highest BCUT2D eigenvalue weighted by atomic mass is 32.1. The molecule has 0 spiro atoms. The number of thiazole rings is 1. The molecule has 4 aromatic rings. The molecule has 0 saturated heterocycles. The number of carbonyl (C=O) groups is 2. The van der Waals surface area contributed by atoms with Crippen molar-refractivity contribution in [3.8, 4) is 0 Å². The highest BCUT2D eigenvalue weighted by Gasteiger charge is 2.13. The number of nitrogens with zero attached hydrogens (tertiary/aromatic N) is 2. The van der Waals surface area contributed by atoms with Gasteiger partial charge in [0.25, 0.3) is 5.91 Å². The Morgan fingerprint density at radius 2 is 1.65 bits per heavy atom. The molecule has 1 amide bonds. The van der Waals surface area contributed by atoms with Crippen LogP contribution in [0.2, 0.25) is 0 Å². The maximum absolute atomic E-state index is 13.0. The summed E-state index contributed by atoms with van der Waals surface area (Å²) in [6.07, 6.45) is 0.808. The highest BCUT2D eigenvalue weighted by Crippen LogP contribution is 2.20. The van der Waals surface area contributed by atoms with Crippen molar-refractivity contribution in [2.24, 2.45) is 4.99 Å². The van der Waals surface area contributed by atoms with Crippen molar-refractivity contribution in [2.75, 3.05) is 20.3 Å². The molecule has 0 aliphatic rings. The molecule has 4 rings (SSSR count). The van der Waals surface area contributed by atoms with Gasteiger partial charge < -0.3 is 14.0 Å². The minimum absolute atomic E-state index is 0.309. The summed E-state index contributed by atoms with van der Waals surface area (Å²) in [5.41, 5.74) is 4.23. The average molecular weight is 475 g/mol. The maximum atomic E-state index is 13.0. The predicted octanol–water partition coefficient (Wildman–Crippen LogP) is 4.86. The summed E-state index contributed by atoms with van der Waals surface area (Å²) in [6.45, 7) is 3.59. The zero-order valence-electron chi connectivity index (χ0n) is 19.2. The average Bonchev–Trinajstić information content (AvgIpc) is 3.20. The molecule has 0 bridgehead atoms. The number of hydrogen-bond donors (Lipinski definition) is 0. The number of benzene rings is 3. The fourth-order valence-corrected chi connectivity index (χ4v) is 4.76. The van der Waals surface area contributed by atoms with Crippen molar-refractivity contribution in [1.82, 2.24) is 4.57 Å². The van der Waals surface area contributed by atoms with Crippen LogP contribution in [0.4, 0.5) is 0 Å². The lowest BCUT2D eigenvalue weighted by Crippen LogP contribution is -2.19. The summed E-state index contributed by atoms with van der Waals surface area (Å²) in [5.74, 6) is -0.711. The summed E-state index contributed by atoms with van der Waals surface area (Å²) in [5, 5.41) is 0. The summed E-state index contributed by atoms with van der Waals surface area (Å²) < 4.78 is 13.2. The Morgan fingerprint density at radius 1 is 0.941 bits per heavy atom. The number of fused-ring (bicyclic) bond motifs is 1. The molecule has 7 heteroatoms. The summed E-state index contributed by atoms with van der Waals surface area (Å²) in [6, 6.07) is 23.1. The fraction of sp³-hybridized carbons (Fsp3) is 0.222. The van der Waals surface area contributed by atoms with Crippen molar-refractivity contribution < 1.29 is 19.1 Å². The molecule has 3 aromatic carbocycles. The van der Waals surface area contributed by atoms with E-state index >= 15 is 0 Å². The van der Waals surface area contributed by atoms with Crippen molar-refractivity contribution in [3.63, 3.8) is 0 Å². The third-order valence-electron chi connectivity index (χ3n) is 5.42. The number of esters is 1. The van der Waals surface area contributed by atoms with E-state index in [1.54, 1.807) is 12.1 Å². The van der Waals surface area contributed by atoms with Gasteiger partial charge in [0.15, 0.2) is 4.80 Å². The van der Waals surface area contributed by atoms with Gasteiger partial charge in [0, 0.05) is 18.7 Å². The molecule has 174 valence electrons. The van der Waals surface area contributed by atoms with Crippen LogP contribution in [-0.4, -0.2) is 36.8 Å². The Balaban J connectivity index is 1.64. The van der Waals surface area contributed by atoms with Crippen LogP contribution in [0.25, 0.3) is 10.2 Å². The quantitative estimate of drug-likeness (QED) is 0.270. The summed E-state index contributed by atoms with van der Waals surface area (Å²) in [7, 11) is 1.35. The molecular weight excluding hydrogens is 448 g/mol. The van der Waals surface area contributed by atoms with Gasteiger partial charge in [-0.05, 0) is 54.8 Å². The molecule has 6 nitrogen and oxygen atoms in total. The highest BCUT2D eigenvalue weighted by molar-refractivity contribution is 7.16. The van der Waals surface area contributed by atoms with Crippen LogP contribution in [-0.2, 0) is 22.4 Å². The molecule has 0 fully saturated rings. The van der Waals surface area contributed by atoms with E-state index in [0.717, 1.165) is 22.2 Å². The first-order chi connectivity index (χ1) is 16.6. The van der Waals surface area contributed by atoms with Gasteiger partial charge >= 0.3 is 5.97 Å². The molecular formula is C27H26N2O4S. The largest absolute Gasteiger partial charge is 0.465 e. The van der Waals surface area contributed by atoms with Gasteiger partial charge in [0.1, 0.15) is 0 Å². The van der Waals surface area contributed by atoms with E-state index in [1.165, 1.54) is 24.0 Å². The molecule has 1 heterocycles. The van der Waals surface area contributed by atoms with E-state index in [-0.39, 0.29) is 5.91 Å². The minimum atomic E-state index is -0.402. The third-order valence-corrected chi connectivity index (χ3v) is 6.46. The van der Waals surface area contributed by atoms with Gasteiger partial charge in [0.2, 0.25) is 0 Å². The second-order valence-corrected chi connectivity index (χ2v) is 8.69. The lowest BCUT2D eigenvalue weighted by Gasteiger charge is -2.06. The first-order valence-corrected chi connectivity index (χ1v) is 11.9. The minimum Gasteiger partial charge on any atom is -0.465 e. The Bertz CT molecular complexity index is 1360. The van der Waals surface area contributed by atoms with Gasteiger partial charge in [-0.1, -0.05) is 53.8 Å². The van der Waals surface area contributed by atoms with Gasteiger partial charge in [-0.2, -0.15) is 4.99 Å². The van der Waals surface area contributed by atoms with Crippen LogP contribution in [0.15, 0.2) is 77.8 Å². The van der Waals surface area contributed by atoms with E-state index in [1.807, 2.05) is 60.0 Å². The molecule has 0 aliphatic heterocycles. The summed E-state index contributed by atoms with van der Waals surface area (Å²) in [4.78, 5) is 29.9.